The van der Waals surface area contributed by atoms with E-state index in [2.05, 4.69) is 10.2 Å². The predicted molar refractivity (Wildman–Crippen MR) is 53.7 cm³/mol. The first kappa shape index (κ1) is 11.4. The van der Waals surface area contributed by atoms with E-state index in [1.807, 2.05) is 0 Å². The standard InChI is InChI=1S/C9H19N3O2/c1-7(13)11-8-2-3-12(5-8)6-9(14)4-10/h8-9,14H,2-6,10H2,1H3,(H,11,13). The Labute approximate surface area is 84.3 Å². The zero-order valence-corrected chi connectivity index (χ0v) is 8.57. The first-order valence-corrected chi connectivity index (χ1v) is 4.99. The third kappa shape index (κ3) is 3.61. The number of likely N-dealkylation sites (tertiary alicyclic amines) is 1. The summed E-state index contributed by atoms with van der Waals surface area (Å²) in [7, 11) is 0. The third-order valence-electron chi connectivity index (χ3n) is 2.42. The first-order valence-electron chi connectivity index (χ1n) is 4.99. The lowest BCUT2D eigenvalue weighted by Gasteiger charge is -2.18. The van der Waals surface area contributed by atoms with Gasteiger partial charge in [0.25, 0.3) is 0 Å². The van der Waals surface area contributed by atoms with Crippen molar-refractivity contribution in [2.75, 3.05) is 26.2 Å². The molecular weight excluding hydrogens is 182 g/mol. The number of carbonyl (C=O) groups is 1. The Kier molecular flexibility index (Phi) is 4.31. The molecule has 0 aromatic heterocycles. The van der Waals surface area contributed by atoms with Gasteiger partial charge in [0.15, 0.2) is 0 Å². The van der Waals surface area contributed by atoms with Crippen molar-refractivity contribution >= 4 is 5.91 Å². The second-order valence-electron chi connectivity index (χ2n) is 3.84. The minimum absolute atomic E-state index is 0.0104. The van der Waals surface area contributed by atoms with Gasteiger partial charge >= 0.3 is 0 Å². The molecule has 4 N–H and O–H groups in total. The van der Waals surface area contributed by atoms with E-state index in [1.54, 1.807) is 0 Å². The number of amides is 1. The van der Waals surface area contributed by atoms with Crippen LogP contribution in [0, 0.1) is 0 Å². The third-order valence-corrected chi connectivity index (χ3v) is 2.42. The molecule has 2 atom stereocenters. The van der Waals surface area contributed by atoms with Crippen LogP contribution in [0.1, 0.15) is 13.3 Å². The van der Waals surface area contributed by atoms with Crippen molar-refractivity contribution in [3.8, 4) is 0 Å². The molecule has 1 aliphatic rings. The maximum atomic E-state index is 10.8. The van der Waals surface area contributed by atoms with Crippen molar-refractivity contribution < 1.29 is 9.90 Å². The summed E-state index contributed by atoms with van der Waals surface area (Å²) < 4.78 is 0. The molecule has 0 saturated carbocycles. The summed E-state index contributed by atoms with van der Waals surface area (Å²) in [5, 5.41) is 12.2. The van der Waals surface area contributed by atoms with Crippen LogP contribution in [-0.4, -0.2) is 54.2 Å². The van der Waals surface area contributed by atoms with Crippen LogP contribution in [-0.2, 0) is 4.79 Å². The van der Waals surface area contributed by atoms with Crippen molar-refractivity contribution in [2.24, 2.45) is 5.73 Å². The highest BCUT2D eigenvalue weighted by atomic mass is 16.3. The van der Waals surface area contributed by atoms with Crippen molar-refractivity contribution in [1.82, 2.24) is 10.2 Å². The minimum atomic E-state index is -0.453. The highest BCUT2D eigenvalue weighted by Crippen LogP contribution is 2.09. The summed E-state index contributed by atoms with van der Waals surface area (Å²) in [5.74, 6) is 0.0104. The Morgan fingerprint density at radius 1 is 1.79 bits per heavy atom. The van der Waals surface area contributed by atoms with Gasteiger partial charge in [0.1, 0.15) is 0 Å². The van der Waals surface area contributed by atoms with Crippen molar-refractivity contribution in [3.63, 3.8) is 0 Å². The minimum Gasteiger partial charge on any atom is -0.390 e. The van der Waals surface area contributed by atoms with E-state index in [0.29, 0.717) is 13.1 Å². The molecule has 5 nitrogen and oxygen atoms in total. The van der Waals surface area contributed by atoms with Gasteiger partial charge in [-0.2, -0.15) is 0 Å². The van der Waals surface area contributed by atoms with Gasteiger partial charge in [-0.1, -0.05) is 0 Å². The zero-order valence-electron chi connectivity index (χ0n) is 8.57. The highest BCUT2D eigenvalue weighted by molar-refractivity contribution is 5.73. The number of rotatable bonds is 4. The Morgan fingerprint density at radius 3 is 3.07 bits per heavy atom. The average molecular weight is 201 g/mol. The second-order valence-corrected chi connectivity index (χ2v) is 3.84. The molecule has 0 radical (unpaired) electrons. The lowest BCUT2D eigenvalue weighted by Crippen LogP contribution is -2.39. The quantitative estimate of drug-likeness (QED) is 0.518. The fourth-order valence-corrected chi connectivity index (χ4v) is 1.78. The Bertz CT molecular complexity index is 198. The lowest BCUT2D eigenvalue weighted by molar-refractivity contribution is -0.119. The van der Waals surface area contributed by atoms with Gasteiger partial charge in [0, 0.05) is 39.1 Å². The molecule has 5 heteroatoms. The van der Waals surface area contributed by atoms with Crippen LogP contribution >= 0.6 is 0 Å². The van der Waals surface area contributed by atoms with E-state index >= 15 is 0 Å². The van der Waals surface area contributed by atoms with Gasteiger partial charge < -0.3 is 16.2 Å². The molecule has 14 heavy (non-hydrogen) atoms. The number of nitrogens with two attached hydrogens (primary N) is 1. The fraction of sp³-hybridized carbons (Fsp3) is 0.889. The smallest absolute Gasteiger partial charge is 0.217 e. The lowest BCUT2D eigenvalue weighted by atomic mass is 10.2. The van der Waals surface area contributed by atoms with Gasteiger partial charge in [-0.05, 0) is 6.42 Å². The van der Waals surface area contributed by atoms with Gasteiger partial charge in [0.2, 0.25) is 5.91 Å². The summed E-state index contributed by atoms with van der Waals surface area (Å²) in [5.41, 5.74) is 5.32. The molecule has 0 aromatic carbocycles. The number of carbonyl (C=O) groups excluding carboxylic acids is 1. The molecule has 1 amide bonds. The van der Waals surface area contributed by atoms with E-state index in [1.165, 1.54) is 6.92 Å². The monoisotopic (exact) mass is 201 g/mol. The van der Waals surface area contributed by atoms with Crippen LogP contribution in [0.4, 0.5) is 0 Å². The first-order chi connectivity index (χ1) is 6.61. The zero-order chi connectivity index (χ0) is 10.6. The summed E-state index contributed by atoms with van der Waals surface area (Å²) in [6.45, 7) is 4.16. The molecular formula is C9H19N3O2. The van der Waals surface area contributed by atoms with Crippen molar-refractivity contribution in [2.45, 2.75) is 25.5 Å². The number of aliphatic hydroxyl groups excluding tert-OH is 1. The number of nitrogens with zero attached hydrogens (tertiary/aromatic N) is 1. The molecule has 0 bridgehead atoms. The van der Waals surface area contributed by atoms with Crippen LogP contribution in [0.3, 0.4) is 0 Å². The number of aliphatic hydroxyl groups is 1. The topological polar surface area (TPSA) is 78.6 Å². The fourth-order valence-electron chi connectivity index (χ4n) is 1.78. The molecule has 0 spiro atoms. The largest absolute Gasteiger partial charge is 0.390 e. The molecule has 1 rings (SSSR count). The molecule has 82 valence electrons. The SMILES string of the molecule is CC(=O)NC1CCN(CC(O)CN)C1. The van der Waals surface area contributed by atoms with Crippen LogP contribution < -0.4 is 11.1 Å². The van der Waals surface area contributed by atoms with Gasteiger partial charge in [-0.3, -0.25) is 9.69 Å². The van der Waals surface area contributed by atoms with E-state index in [0.717, 1.165) is 19.5 Å². The van der Waals surface area contributed by atoms with Crippen LogP contribution in [0.2, 0.25) is 0 Å². The highest BCUT2D eigenvalue weighted by Gasteiger charge is 2.23. The van der Waals surface area contributed by atoms with Crippen LogP contribution in [0.5, 0.6) is 0 Å². The summed E-state index contributed by atoms with van der Waals surface area (Å²) >= 11 is 0. The van der Waals surface area contributed by atoms with Crippen LogP contribution in [0.25, 0.3) is 0 Å². The van der Waals surface area contributed by atoms with Crippen LogP contribution in [0.15, 0.2) is 0 Å². The molecule has 1 fully saturated rings. The summed E-state index contributed by atoms with van der Waals surface area (Å²) in [6, 6.07) is 0.234. The Morgan fingerprint density at radius 2 is 2.50 bits per heavy atom. The Hall–Kier alpha value is -0.650. The molecule has 0 aliphatic carbocycles. The molecule has 1 aliphatic heterocycles. The molecule has 1 saturated heterocycles. The van der Waals surface area contributed by atoms with Gasteiger partial charge in [-0.25, -0.2) is 0 Å². The van der Waals surface area contributed by atoms with E-state index in [9.17, 15) is 9.90 Å². The van der Waals surface area contributed by atoms with E-state index < -0.39 is 6.10 Å². The maximum absolute atomic E-state index is 10.8. The molecule has 0 aromatic rings. The number of β-amino-alcohol motifs (C(OH)–C–C–N with tert-alkyl or cyclic N) is 1. The van der Waals surface area contributed by atoms with E-state index in [4.69, 9.17) is 5.73 Å². The van der Waals surface area contributed by atoms with E-state index in [-0.39, 0.29) is 11.9 Å². The number of hydrogen-bond acceptors (Lipinski definition) is 4. The summed E-state index contributed by atoms with van der Waals surface area (Å²) in [4.78, 5) is 12.9. The molecule has 2 unspecified atom stereocenters. The predicted octanol–water partition coefficient (Wildman–Crippen LogP) is -1.48. The van der Waals surface area contributed by atoms with Gasteiger partial charge in [-0.15, -0.1) is 0 Å². The maximum Gasteiger partial charge on any atom is 0.217 e. The van der Waals surface area contributed by atoms with Crippen molar-refractivity contribution in [3.05, 3.63) is 0 Å². The average Bonchev–Trinajstić information content (AvgIpc) is 2.51. The normalized spacial score (nSPS) is 24.9. The van der Waals surface area contributed by atoms with Crippen molar-refractivity contribution in [1.29, 1.82) is 0 Å². The Balaban J connectivity index is 2.23. The van der Waals surface area contributed by atoms with Gasteiger partial charge in [0.05, 0.1) is 6.10 Å². The second kappa shape index (κ2) is 5.29. The summed E-state index contributed by atoms with van der Waals surface area (Å²) in [6.07, 6.45) is 0.503. The number of hydrogen-bond donors (Lipinski definition) is 3. The number of nitrogens with one attached hydrogen (secondary N) is 1. The molecule has 1 heterocycles.